The Morgan fingerprint density at radius 1 is 1.25 bits per heavy atom. The van der Waals surface area contributed by atoms with E-state index < -0.39 is 0 Å². The Bertz CT molecular complexity index is 825. The number of amidine groups is 1. The van der Waals surface area contributed by atoms with E-state index in [2.05, 4.69) is 10.4 Å². The molecule has 2 aromatic carbocycles. The summed E-state index contributed by atoms with van der Waals surface area (Å²) in [5.41, 5.74) is 1.85. The first-order valence-corrected chi connectivity index (χ1v) is 8.32. The zero-order valence-corrected chi connectivity index (χ0v) is 13.7. The molecule has 2 aliphatic rings. The summed E-state index contributed by atoms with van der Waals surface area (Å²) >= 11 is 1.23. The first-order valence-electron chi connectivity index (χ1n) is 7.44. The first-order chi connectivity index (χ1) is 11.7. The Balaban J connectivity index is 1.79. The zero-order chi connectivity index (χ0) is 16.7. The maximum atomic E-state index is 11.7. The molecular formula is C17H15N3O3S. The molecule has 0 saturated carbocycles. The van der Waals surface area contributed by atoms with Crippen LogP contribution < -0.4 is 15.1 Å². The quantitative estimate of drug-likeness (QED) is 0.897. The van der Waals surface area contributed by atoms with Gasteiger partial charge in [-0.2, -0.15) is 5.10 Å². The molecule has 122 valence electrons. The molecule has 1 saturated heterocycles. The van der Waals surface area contributed by atoms with Gasteiger partial charge in [0.2, 0.25) is 0 Å². The second-order valence-electron chi connectivity index (χ2n) is 5.49. The monoisotopic (exact) mass is 341 g/mol. The third kappa shape index (κ3) is 2.37. The van der Waals surface area contributed by atoms with Crippen molar-refractivity contribution in [3.8, 4) is 11.5 Å². The average molecular weight is 341 g/mol. The van der Waals surface area contributed by atoms with Gasteiger partial charge in [-0.25, -0.2) is 0 Å². The number of hydrogen-bond acceptors (Lipinski definition) is 6. The Kier molecular flexibility index (Phi) is 3.57. The maximum absolute atomic E-state index is 11.7. The Labute approximate surface area is 143 Å². The SMILES string of the molecule is COc1cc([C@H]2[C@@H]3SC(=O)NC3=NN2c2ccccc2)ccc1O. The third-order valence-electron chi connectivity index (χ3n) is 4.07. The molecule has 1 amide bonds. The molecule has 2 aromatic rings. The van der Waals surface area contributed by atoms with Crippen molar-refractivity contribution in [3.63, 3.8) is 0 Å². The molecule has 0 spiro atoms. The molecule has 1 fully saturated rings. The largest absolute Gasteiger partial charge is 0.504 e. The van der Waals surface area contributed by atoms with Crippen molar-refractivity contribution in [1.29, 1.82) is 0 Å². The van der Waals surface area contributed by atoms with Crippen LogP contribution >= 0.6 is 11.8 Å². The van der Waals surface area contributed by atoms with Crippen molar-refractivity contribution in [2.45, 2.75) is 11.3 Å². The van der Waals surface area contributed by atoms with Crippen molar-refractivity contribution in [2.75, 3.05) is 12.1 Å². The van der Waals surface area contributed by atoms with Crippen LogP contribution in [0.3, 0.4) is 0 Å². The molecule has 4 rings (SSSR count). The fraction of sp³-hybridized carbons (Fsp3) is 0.176. The summed E-state index contributed by atoms with van der Waals surface area (Å²) in [6.45, 7) is 0. The van der Waals surface area contributed by atoms with Crippen molar-refractivity contribution < 1.29 is 14.6 Å². The highest BCUT2D eigenvalue weighted by Crippen LogP contribution is 2.44. The summed E-state index contributed by atoms with van der Waals surface area (Å²) in [7, 11) is 1.51. The van der Waals surface area contributed by atoms with Crippen LogP contribution in [0.2, 0.25) is 0 Å². The third-order valence-corrected chi connectivity index (χ3v) is 5.12. The van der Waals surface area contributed by atoms with Crippen LogP contribution in [0.4, 0.5) is 10.5 Å². The van der Waals surface area contributed by atoms with E-state index in [0.29, 0.717) is 11.6 Å². The molecule has 2 heterocycles. The van der Waals surface area contributed by atoms with E-state index in [9.17, 15) is 9.90 Å². The van der Waals surface area contributed by atoms with Crippen molar-refractivity contribution in [3.05, 3.63) is 54.1 Å². The molecule has 0 aliphatic carbocycles. The molecule has 6 nitrogen and oxygen atoms in total. The number of hydrazone groups is 1. The van der Waals surface area contributed by atoms with Gasteiger partial charge in [0.1, 0.15) is 11.1 Å². The maximum Gasteiger partial charge on any atom is 0.285 e. The highest BCUT2D eigenvalue weighted by molar-refractivity contribution is 8.15. The van der Waals surface area contributed by atoms with Crippen molar-refractivity contribution >= 4 is 28.5 Å². The lowest BCUT2D eigenvalue weighted by Crippen LogP contribution is -2.27. The van der Waals surface area contributed by atoms with Gasteiger partial charge in [0.25, 0.3) is 5.24 Å². The van der Waals surface area contributed by atoms with Crippen LogP contribution in [0.5, 0.6) is 11.5 Å². The first kappa shape index (κ1) is 14.9. The number of carbonyl (C=O) groups is 1. The van der Waals surface area contributed by atoms with E-state index in [4.69, 9.17) is 4.74 Å². The van der Waals surface area contributed by atoms with E-state index >= 15 is 0 Å². The fourth-order valence-electron chi connectivity index (χ4n) is 2.97. The molecule has 2 aliphatic heterocycles. The minimum Gasteiger partial charge on any atom is -0.504 e. The number of benzene rings is 2. The van der Waals surface area contributed by atoms with Gasteiger partial charge in [0.05, 0.1) is 18.8 Å². The van der Waals surface area contributed by atoms with E-state index in [0.717, 1.165) is 11.3 Å². The summed E-state index contributed by atoms with van der Waals surface area (Å²) in [4.78, 5) is 11.7. The summed E-state index contributed by atoms with van der Waals surface area (Å²) in [5, 5.41) is 18.9. The summed E-state index contributed by atoms with van der Waals surface area (Å²) in [6, 6.07) is 14.9. The molecular weight excluding hydrogens is 326 g/mol. The highest BCUT2D eigenvalue weighted by Gasteiger charge is 2.45. The van der Waals surface area contributed by atoms with Crippen LogP contribution in [0.1, 0.15) is 11.6 Å². The fourth-order valence-corrected chi connectivity index (χ4v) is 3.99. The van der Waals surface area contributed by atoms with Crippen LogP contribution in [0.15, 0.2) is 53.6 Å². The van der Waals surface area contributed by atoms with E-state index in [1.54, 1.807) is 12.1 Å². The summed E-state index contributed by atoms with van der Waals surface area (Å²) in [5.74, 6) is 1.14. The molecule has 2 atom stereocenters. The van der Waals surface area contributed by atoms with Gasteiger partial charge in [-0.15, -0.1) is 0 Å². The topological polar surface area (TPSA) is 74.2 Å². The number of rotatable bonds is 3. The van der Waals surface area contributed by atoms with Crippen molar-refractivity contribution in [2.24, 2.45) is 5.10 Å². The summed E-state index contributed by atoms with van der Waals surface area (Å²) < 4.78 is 5.22. The lowest BCUT2D eigenvalue weighted by Gasteiger charge is -2.27. The van der Waals surface area contributed by atoms with Crippen molar-refractivity contribution in [1.82, 2.24) is 5.32 Å². The smallest absolute Gasteiger partial charge is 0.285 e. The number of nitrogens with one attached hydrogen (secondary N) is 1. The van der Waals surface area contributed by atoms with Crippen LogP contribution in [0.25, 0.3) is 0 Å². The van der Waals surface area contributed by atoms with Gasteiger partial charge >= 0.3 is 0 Å². The molecule has 2 N–H and O–H groups in total. The van der Waals surface area contributed by atoms with Gasteiger partial charge in [0, 0.05) is 0 Å². The number of methoxy groups -OCH3 is 1. The standard InChI is InChI=1S/C17H15N3O3S/c1-23-13-9-10(7-8-12(13)21)14-15-16(18-17(22)24-15)19-20(14)11-5-3-2-4-6-11/h2-9,14-15,21H,1H3,(H,18,19,22)/t14-,15-/m0/s1. The molecule has 7 heteroatoms. The Morgan fingerprint density at radius 3 is 2.79 bits per heavy atom. The number of anilines is 1. The summed E-state index contributed by atoms with van der Waals surface area (Å²) in [6.07, 6.45) is 0. The predicted octanol–water partition coefficient (Wildman–Crippen LogP) is 3.10. The lowest BCUT2D eigenvalue weighted by atomic mass is 10.0. The second kappa shape index (κ2) is 5.76. The number of hydrogen-bond donors (Lipinski definition) is 2. The van der Waals surface area contributed by atoms with Gasteiger partial charge < -0.3 is 15.2 Å². The van der Waals surface area contributed by atoms with Crippen LogP contribution in [-0.4, -0.2) is 28.5 Å². The van der Waals surface area contributed by atoms with Gasteiger partial charge in [0.15, 0.2) is 11.5 Å². The average Bonchev–Trinajstić information content (AvgIpc) is 3.12. The molecule has 0 radical (unpaired) electrons. The number of thioether (sulfide) groups is 1. The van der Waals surface area contributed by atoms with Crippen LogP contribution in [-0.2, 0) is 0 Å². The minimum absolute atomic E-state index is 0.0833. The second-order valence-corrected chi connectivity index (χ2v) is 6.61. The number of aromatic hydroxyl groups is 1. The number of carbonyl (C=O) groups excluding carboxylic acids is 1. The predicted molar refractivity (Wildman–Crippen MR) is 93.7 cm³/mol. The molecule has 24 heavy (non-hydrogen) atoms. The van der Waals surface area contributed by atoms with Gasteiger partial charge in [-0.3, -0.25) is 9.80 Å². The Morgan fingerprint density at radius 2 is 2.04 bits per heavy atom. The molecule has 0 unspecified atom stereocenters. The highest BCUT2D eigenvalue weighted by atomic mass is 32.2. The number of fused-ring (bicyclic) bond motifs is 1. The number of phenolic OH excluding ortho intramolecular Hbond substituents is 1. The molecule has 0 aromatic heterocycles. The minimum atomic E-state index is -0.166. The lowest BCUT2D eigenvalue weighted by molar-refractivity contribution is 0.265. The van der Waals surface area contributed by atoms with E-state index in [1.165, 1.54) is 18.9 Å². The van der Waals surface area contributed by atoms with Gasteiger partial charge in [-0.05, 0) is 29.8 Å². The van der Waals surface area contributed by atoms with Crippen LogP contribution in [0, 0.1) is 0 Å². The number of nitrogens with zero attached hydrogens (tertiary/aromatic N) is 2. The number of amides is 1. The van der Waals surface area contributed by atoms with Gasteiger partial charge in [-0.1, -0.05) is 36.0 Å². The number of ether oxygens (including phenoxy) is 1. The Hall–Kier alpha value is -2.67. The number of para-hydroxylation sites is 1. The van der Waals surface area contributed by atoms with E-state index in [-0.39, 0.29) is 22.3 Å². The van der Waals surface area contributed by atoms with E-state index in [1.807, 2.05) is 41.4 Å². The number of phenols is 1. The zero-order valence-electron chi connectivity index (χ0n) is 12.8. The molecule has 0 bridgehead atoms. The normalized spacial score (nSPS) is 22.1.